The molecule has 0 aromatic heterocycles. The van der Waals surface area contributed by atoms with Crippen LogP contribution in [0, 0.1) is 18.2 Å². The number of nitrogens with zero attached hydrogens (tertiary/aromatic N) is 3. The Kier molecular flexibility index (Phi) is 5.39. The zero-order valence-corrected chi connectivity index (χ0v) is 14.8. The van der Waals surface area contributed by atoms with E-state index in [1.165, 1.54) is 6.07 Å². The molecule has 0 N–H and O–H groups in total. The lowest BCUT2D eigenvalue weighted by molar-refractivity contribution is -0.132. The van der Waals surface area contributed by atoms with Crippen LogP contribution in [0.1, 0.15) is 44.1 Å². The highest BCUT2D eigenvalue weighted by atomic mass is 35.5. The van der Waals surface area contributed by atoms with Crippen LogP contribution in [0.2, 0.25) is 5.02 Å². The number of benzene rings is 1. The van der Waals surface area contributed by atoms with E-state index in [4.69, 9.17) is 18.0 Å². The second-order valence-electron chi connectivity index (χ2n) is 6.67. The van der Waals surface area contributed by atoms with Gasteiger partial charge in [0.25, 0.3) is 0 Å². The van der Waals surface area contributed by atoms with E-state index < -0.39 is 5.66 Å². The summed E-state index contributed by atoms with van der Waals surface area (Å²) in [5.74, 6) is 2.35. The van der Waals surface area contributed by atoms with Gasteiger partial charge in [-0.2, -0.15) is 10.2 Å². The first-order valence-corrected chi connectivity index (χ1v) is 9.02. The average molecular weight is 362 g/mol. The Morgan fingerprint density at radius 3 is 2.92 bits per heavy atom. The molecule has 1 aromatic rings. The number of amides is 1. The maximum atomic E-state index is 14.0. The van der Waals surface area contributed by atoms with Crippen molar-refractivity contribution in [3.63, 3.8) is 0 Å². The molecule has 2 heterocycles. The number of carbonyl (C=O) groups is 1. The van der Waals surface area contributed by atoms with Crippen molar-refractivity contribution in [1.82, 2.24) is 4.90 Å². The zero-order chi connectivity index (χ0) is 17.9. The van der Waals surface area contributed by atoms with Gasteiger partial charge in [0.1, 0.15) is 5.82 Å². The second-order valence-corrected chi connectivity index (χ2v) is 7.08. The van der Waals surface area contributed by atoms with Gasteiger partial charge in [0.05, 0.1) is 0 Å². The van der Waals surface area contributed by atoms with Gasteiger partial charge in [-0.05, 0) is 31.4 Å². The van der Waals surface area contributed by atoms with E-state index in [0.29, 0.717) is 49.2 Å². The Morgan fingerprint density at radius 1 is 1.44 bits per heavy atom. The Labute approximate surface area is 152 Å². The van der Waals surface area contributed by atoms with Crippen LogP contribution in [0.25, 0.3) is 0 Å². The van der Waals surface area contributed by atoms with Gasteiger partial charge in [-0.15, -0.1) is 12.3 Å². The largest absolute Gasteiger partial charge is 0.339 e. The fourth-order valence-electron chi connectivity index (χ4n) is 3.46. The summed E-state index contributed by atoms with van der Waals surface area (Å²) in [6.45, 7) is 0.710. The summed E-state index contributed by atoms with van der Waals surface area (Å²) in [5, 5.41) is 8.56. The first-order valence-electron chi connectivity index (χ1n) is 8.64. The Hall–Kier alpha value is -1.93. The van der Waals surface area contributed by atoms with E-state index in [-0.39, 0.29) is 17.8 Å². The number of terminal acetylenes is 1. The molecule has 1 unspecified atom stereocenters. The first-order chi connectivity index (χ1) is 12.0. The minimum atomic E-state index is -0.438. The van der Waals surface area contributed by atoms with Gasteiger partial charge in [-0.3, -0.25) is 4.79 Å². The zero-order valence-electron chi connectivity index (χ0n) is 14.0. The van der Waals surface area contributed by atoms with E-state index in [1.54, 1.807) is 12.1 Å². The van der Waals surface area contributed by atoms with Gasteiger partial charge in [-0.25, -0.2) is 4.39 Å². The van der Waals surface area contributed by atoms with E-state index in [9.17, 15) is 9.18 Å². The van der Waals surface area contributed by atoms with Crippen LogP contribution in [0.15, 0.2) is 28.4 Å². The highest BCUT2D eigenvalue weighted by Gasteiger charge is 2.40. The van der Waals surface area contributed by atoms with Crippen molar-refractivity contribution < 1.29 is 9.18 Å². The summed E-state index contributed by atoms with van der Waals surface area (Å²) in [7, 11) is 0. The monoisotopic (exact) mass is 361 g/mol. The third-order valence-corrected chi connectivity index (χ3v) is 5.34. The van der Waals surface area contributed by atoms with Crippen molar-refractivity contribution >= 4 is 17.5 Å². The van der Waals surface area contributed by atoms with Crippen molar-refractivity contribution in [1.29, 1.82) is 0 Å². The summed E-state index contributed by atoms with van der Waals surface area (Å²) in [6.07, 6.45) is 9.83. The summed E-state index contributed by atoms with van der Waals surface area (Å²) >= 11 is 6.13. The lowest BCUT2D eigenvalue weighted by Gasteiger charge is -2.26. The van der Waals surface area contributed by atoms with Crippen LogP contribution in [0.4, 0.5) is 4.39 Å². The molecule has 1 aromatic carbocycles. The molecule has 1 saturated heterocycles. The number of hydrogen-bond donors (Lipinski definition) is 0. The maximum absolute atomic E-state index is 14.0. The van der Waals surface area contributed by atoms with Crippen LogP contribution in [0.3, 0.4) is 0 Å². The van der Waals surface area contributed by atoms with Crippen molar-refractivity contribution in [3.8, 4) is 12.3 Å². The predicted octanol–water partition coefficient (Wildman–Crippen LogP) is 4.37. The van der Waals surface area contributed by atoms with E-state index in [2.05, 4.69) is 16.1 Å². The van der Waals surface area contributed by atoms with Crippen LogP contribution < -0.4 is 0 Å². The van der Waals surface area contributed by atoms with Crippen LogP contribution >= 0.6 is 11.6 Å². The molecule has 0 spiro atoms. The van der Waals surface area contributed by atoms with Gasteiger partial charge in [0, 0.05) is 48.9 Å². The van der Waals surface area contributed by atoms with Crippen molar-refractivity contribution in [2.75, 3.05) is 6.54 Å². The molecule has 0 aliphatic carbocycles. The molecule has 0 bridgehead atoms. The highest BCUT2D eigenvalue weighted by Crippen LogP contribution is 2.38. The second kappa shape index (κ2) is 7.53. The van der Waals surface area contributed by atoms with Crippen LogP contribution in [-0.4, -0.2) is 29.1 Å². The SMILES string of the molecule is C#CCCC1(CCC(=O)N2CCCC2Cc2c(F)cccc2Cl)N=N1. The van der Waals surface area contributed by atoms with Gasteiger partial charge in [-0.1, -0.05) is 17.7 Å². The van der Waals surface area contributed by atoms with Gasteiger partial charge < -0.3 is 4.90 Å². The number of halogens is 2. The summed E-state index contributed by atoms with van der Waals surface area (Å²) in [6, 6.07) is 4.69. The van der Waals surface area contributed by atoms with Gasteiger partial charge >= 0.3 is 0 Å². The van der Waals surface area contributed by atoms with Crippen molar-refractivity contribution in [2.45, 2.75) is 56.7 Å². The molecule has 25 heavy (non-hydrogen) atoms. The fourth-order valence-corrected chi connectivity index (χ4v) is 3.70. The molecular formula is C19H21ClFN3O. The number of rotatable bonds is 7. The maximum Gasteiger partial charge on any atom is 0.222 e. The summed E-state index contributed by atoms with van der Waals surface area (Å²) in [4.78, 5) is 14.5. The summed E-state index contributed by atoms with van der Waals surface area (Å²) < 4.78 is 14.0. The smallest absolute Gasteiger partial charge is 0.222 e. The number of likely N-dealkylation sites (tertiary alicyclic amines) is 1. The fraction of sp³-hybridized carbons (Fsp3) is 0.526. The molecule has 132 valence electrons. The third-order valence-electron chi connectivity index (χ3n) is 4.99. The van der Waals surface area contributed by atoms with E-state index in [0.717, 1.165) is 12.8 Å². The van der Waals surface area contributed by atoms with Gasteiger partial charge in [0.15, 0.2) is 5.66 Å². The normalized spacial score (nSPS) is 20.5. The van der Waals surface area contributed by atoms with Crippen LogP contribution in [0.5, 0.6) is 0 Å². The molecule has 2 aliphatic rings. The van der Waals surface area contributed by atoms with E-state index in [1.807, 2.05) is 4.90 Å². The molecule has 2 aliphatic heterocycles. The Balaban J connectivity index is 1.58. The Morgan fingerprint density at radius 2 is 2.24 bits per heavy atom. The molecule has 0 radical (unpaired) electrons. The third kappa shape index (κ3) is 4.19. The molecule has 1 fully saturated rings. The number of hydrogen-bond acceptors (Lipinski definition) is 3. The molecule has 0 saturated carbocycles. The van der Waals surface area contributed by atoms with Gasteiger partial charge in [0.2, 0.25) is 5.91 Å². The molecule has 1 amide bonds. The molecule has 3 rings (SSSR count). The van der Waals surface area contributed by atoms with Crippen LogP contribution in [-0.2, 0) is 11.2 Å². The number of carbonyl (C=O) groups excluding carboxylic acids is 1. The standard InChI is InChI=1S/C19H21ClFN3O/c1-2-3-10-19(22-23-19)11-9-18(25)24-12-5-6-14(24)13-15-16(20)7-4-8-17(15)21/h1,4,7-8,14H,3,5-6,9-13H2. The minimum absolute atomic E-state index is 0.00311. The topological polar surface area (TPSA) is 45.0 Å². The highest BCUT2D eigenvalue weighted by molar-refractivity contribution is 6.31. The average Bonchev–Trinajstić information content (AvgIpc) is 3.22. The minimum Gasteiger partial charge on any atom is -0.339 e. The quantitative estimate of drug-likeness (QED) is 0.665. The van der Waals surface area contributed by atoms with Crippen molar-refractivity contribution in [3.05, 3.63) is 34.6 Å². The molecule has 4 nitrogen and oxygen atoms in total. The Bertz CT molecular complexity index is 702. The summed E-state index contributed by atoms with van der Waals surface area (Å²) in [5.41, 5.74) is 0.0538. The van der Waals surface area contributed by atoms with E-state index >= 15 is 0 Å². The molecular weight excluding hydrogens is 341 g/mol. The predicted molar refractivity (Wildman–Crippen MR) is 94.7 cm³/mol. The first kappa shape index (κ1) is 17.9. The molecule has 1 atom stereocenters. The van der Waals surface area contributed by atoms with Crippen molar-refractivity contribution in [2.24, 2.45) is 10.2 Å². The molecule has 6 heteroatoms. The lowest BCUT2D eigenvalue weighted by atomic mass is 10.0. The lowest BCUT2D eigenvalue weighted by Crippen LogP contribution is -2.37.